The van der Waals surface area contributed by atoms with Gasteiger partial charge in [-0.3, -0.25) is 0 Å². The van der Waals surface area contributed by atoms with Gasteiger partial charge in [0.15, 0.2) is 4.47 Å². The van der Waals surface area contributed by atoms with E-state index in [0.717, 1.165) is 23.1 Å². The van der Waals surface area contributed by atoms with Crippen LogP contribution >= 0.6 is 22.9 Å². The van der Waals surface area contributed by atoms with Crippen LogP contribution in [0.25, 0.3) is 0 Å². The van der Waals surface area contributed by atoms with Crippen LogP contribution in [-0.4, -0.2) is 4.98 Å². The summed E-state index contributed by atoms with van der Waals surface area (Å²) in [5.41, 5.74) is 0. The fourth-order valence-electron chi connectivity index (χ4n) is 1.12. The van der Waals surface area contributed by atoms with E-state index in [9.17, 15) is 8.78 Å². The number of halogens is 3. The molecule has 0 unspecified atom stereocenters. The zero-order valence-electron chi connectivity index (χ0n) is 7.91. The number of ether oxygens (including phenoxy) is 1. The molecular formula is C10H6ClF2NOS. The summed E-state index contributed by atoms with van der Waals surface area (Å²) in [6, 6.07) is 3.02. The third-order valence-corrected chi connectivity index (χ3v) is 2.83. The van der Waals surface area contributed by atoms with Gasteiger partial charge in [0.05, 0.1) is 4.88 Å². The highest BCUT2D eigenvalue weighted by Gasteiger charge is 2.04. The van der Waals surface area contributed by atoms with E-state index in [-0.39, 0.29) is 12.4 Å². The maximum absolute atomic E-state index is 12.8. The molecule has 0 saturated carbocycles. The Morgan fingerprint density at radius 3 is 2.50 bits per heavy atom. The third-order valence-electron chi connectivity index (χ3n) is 1.74. The summed E-state index contributed by atoms with van der Waals surface area (Å²) in [5.74, 6) is -1.20. The quantitative estimate of drug-likeness (QED) is 0.841. The standard InChI is InChI=1S/C10H6ClF2NOS/c11-10-14-4-9(16-10)5-15-8-2-6(12)1-7(13)3-8/h1-4H,5H2. The first-order valence-electron chi connectivity index (χ1n) is 4.32. The van der Waals surface area contributed by atoms with Crippen LogP contribution in [0.4, 0.5) is 8.78 Å². The molecule has 6 heteroatoms. The normalized spacial score (nSPS) is 10.4. The molecule has 84 valence electrons. The molecular weight excluding hydrogens is 256 g/mol. The topological polar surface area (TPSA) is 22.1 Å². The van der Waals surface area contributed by atoms with Crippen LogP contribution < -0.4 is 4.74 Å². The lowest BCUT2D eigenvalue weighted by atomic mass is 10.3. The van der Waals surface area contributed by atoms with E-state index in [1.165, 1.54) is 11.3 Å². The average Bonchev–Trinajstić information content (AvgIpc) is 2.60. The maximum Gasteiger partial charge on any atom is 0.183 e. The molecule has 0 aliphatic heterocycles. The summed E-state index contributed by atoms with van der Waals surface area (Å²) in [5, 5.41) is 0. The summed E-state index contributed by atoms with van der Waals surface area (Å²) in [6.07, 6.45) is 1.56. The van der Waals surface area contributed by atoms with Crippen LogP contribution in [0.2, 0.25) is 4.47 Å². The lowest BCUT2D eigenvalue weighted by Crippen LogP contribution is -1.94. The van der Waals surface area contributed by atoms with E-state index in [1.54, 1.807) is 6.20 Å². The van der Waals surface area contributed by atoms with E-state index < -0.39 is 11.6 Å². The molecule has 16 heavy (non-hydrogen) atoms. The van der Waals surface area contributed by atoms with Gasteiger partial charge in [-0.05, 0) is 0 Å². The highest BCUT2D eigenvalue weighted by Crippen LogP contribution is 2.21. The lowest BCUT2D eigenvalue weighted by molar-refractivity contribution is 0.306. The first-order chi connectivity index (χ1) is 7.63. The highest BCUT2D eigenvalue weighted by molar-refractivity contribution is 7.15. The lowest BCUT2D eigenvalue weighted by Gasteiger charge is -2.04. The zero-order valence-corrected chi connectivity index (χ0v) is 9.49. The minimum absolute atomic E-state index is 0.141. The SMILES string of the molecule is Fc1cc(F)cc(OCc2cnc(Cl)s2)c1. The van der Waals surface area contributed by atoms with Crippen LogP contribution in [0, 0.1) is 11.6 Å². The van der Waals surface area contributed by atoms with Crippen molar-refractivity contribution in [1.29, 1.82) is 0 Å². The van der Waals surface area contributed by atoms with E-state index >= 15 is 0 Å². The van der Waals surface area contributed by atoms with Gasteiger partial charge in [-0.2, -0.15) is 0 Å². The second kappa shape index (κ2) is 4.76. The summed E-state index contributed by atoms with van der Waals surface area (Å²) >= 11 is 6.88. The molecule has 2 nitrogen and oxygen atoms in total. The van der Waals surface area contributed by atoms with Crippen molar-refractivity contribution in [3.63, 3.8) is 0 Å². The van der Waals surface area contributed by atoms with Gasteiger partial charge in [0, 0.05) is 24.4 Å². The Morgan fingerprint density at radius 1 is 1.25 bits per heavy atom. The largest absolute Gasteiger partial charge is 0.488 e. The first kappa shape index (κ1) is 11.3. The van der Waals surface area contributed by atoms with Crippen molar-refractivity contribution in [3.8, 4) is 5.75 Å². The van der Waals surface area contributed by atoms with E-state index in [4.69, 9.17) is 16.3 Å². The van der Waals surface area contributed by atoms with Crippen molar-refractivity contribution < 1.29 is 13.5 Å². The summed E-state index contributed by atoms with van der Waals surface area (Å²) in [7, 11) is 0. The molecule has 2 rings (SSSR count). The Balaban J connectivity index is 2.04. The number of benzene rings is 1. The van der Waals surface area contributed by atoms with Gasteiger partial charge in [-0.15, -0.1) is 11.3 Å². The molecule has 1 heterocycles. The van der Waals surface area contributed by atoms with Crippen molar-refractivity contribution in [2.24, 2.45) is 0 Å². The molecule has 0 bridgehead atoms. The van der Waals surface area contributed by atoms with Crippen molar-refractivity contribution in [3.05, 3.63) is 45.4 Å². The molecule has 0 N–H and O–H groups in total. The molecule has 0 saturated heterocycles. The number of nitrogens with zero attached hydrogens (tertiary/aromatic N) is 1. The van der Waals surface area contributed by atoms with Crippen molar-refractivity contribution in [2.75, 3.05) is 0 Å². The van der Waals surface area contributed by atoms with Gasteiger partial charge < -0.3 is 4.74 Å². The van der Waals surface area contributed by atoms with Crippen LogP contribution in [0.5, 0.6) is 5.75 Å². The molecule has 0 spiro atoms. The van der Waals surface area contributed by atoms with Gasteiger partial charge in [0.2, 0.25) is 0 Å². The second-order valence-corrected chi connectivity index (χ2v) is 4.67. The van der Waals surface area contributed by atoms with E-state index in [2.05, 4.69) is 4.98 Å². The van der Waals surface area contributed by atoms with Gasteiger partial charge >= 0.3 is 0 Å². The summed E-state index contributed by atoms with van der Waals surface area (Å²) < 4.78 is 31.2. The molecule has 0 fully saturated rings. The first-order valence-corrected chi connectivity index (χ1v) is 5.52. The van der Waals surface area contributed by atoms with E-state index in [1.807, 2.05) is 0 Å². The predicted octanol–water partition coefficient (Wildman–Crippen LogP) is 3.65. The van der Waals surface area contributed by atoms with Gasteiger partial charge in [0.25, 0.3) is 0 Å². The van der Waals surface area contributed by atoms with Gasteiger partial charge in [-0.1, -0.05) is 11.6 Å². The number of thiazole rings is 1. The fraction of sp³-hybridized carbons (Fsp3) is 0.100. The molecule has 0 amide bonds. The molecule has 0 aliphatic carbocycles. The molecule has 2 aromatic rings. The molecule has 0 aliphatic rings. The van der Waals surface area contributed by atoms with Gasteiger partial charge in [0.1, 0.15) is 24.0 Å². The Bertz CT molecular complexity index is 483. The number of aromatic nitrogens is 1. The minimum Gasteiger partial charge on any atom is -0.488 e. The monoisotopic (exact) mass is 261 g/mol. The van der Waals surface area contributed by atoms with E-state index in [0.29, 0.717) is 4.47 Å². The van der Waals surface area contributed by atoms with Crippen molar-refractivity contribution in [2.45, 2.75) is 6.61 Å². The van der Waals surface area contributed by atoms with Crippen molar-refractivity contribution >= 4 is 22.9 Å². The Hall–Kier alpha value is -1.20. The summed E-state index contributed by atoms with van der Waals surface area (Å²) in [4.78, 5) is 4.61. The van der Waals surface area contributed by atoms with Crippen LogP contribution in [0.3, 0.4) is 0 Å². The molecule has 0 atom stereocenters. The second-order valence-electron chi connectivity index (χ2n) is 2.97. The fourth-order valence-corrected chi connectivity index (χ4v) is 2.01. The maximum atomic E-state index is 12.8. The average molecular weight is 262 g/mol. The highest BCUT2D eigenvalue weighted by atomic mass is 35.5. The van der Waals surface area contributed by atoms with Crippen LogP contribution in [0.1, 0.15) is 4.88 Å². The smallest absolute Gasteiger partial charge is 0.183 e. The summed E-state index contributed by atoms with van der Waals surface area (Å²) in [6.45, 7) is 0.188. The van der Waals surface area contributed by atoms with Crippen LogP contribution in [-0.2, 0) is 6.61 Å². The Kier molecular flexibility index (Phi) is 3.36. The molecule has 1 aromatic carbocycles. The van der Waals surface area contributed by atoms with Gasteiger partial charge in [-0.25, -0.2) is 13.8 Å². The van der Waals surface area contributed by atoms with Crippen LogP contribution in [0.15, 0.2) is 24.4 Å². The number of rotatable bonds is 3. The van der Waals surface area contributed by atoms with Crippen molar-refractivity contribution in [1.82, 2.24) is 4.98 Å². The Labute approximate surface area is 99.5 Å². The molecule has 0 radical (unpaired) electrons. The number of hydrogen-bond donors (Lipinski definition) is 0. The number of hydrogen-bond acceptors (Lipinski definition) is 3. The zero-order chi connectivity index (χ0) is 11.5. The Morgan fingerprint density at radius 2 is 1.94 bits per heavy atom. The third kappa shape index (κ3) is 2.90. The predicted molar refractivity (Wildman–Crippen MR) is 57.8 cm³/mol. The minimum atomic E-state index is -0.669. The molecule has 1 aromatic heterocycles.